The number of alkyl halides is 2. The number of benzene rings is 2. The van der Waals surface area contributed by atoms with E-state index in [9.17, 15) is 17.2 Å². The molecule has 2 aromatic carbocycles. The summed E-state index contributed by atoms with van der Waals surface area (Å²) in [5.74, 6) is -1.83. The summed E-state index contributed by atoms with van der Waals surface area (Å²) >= 11 is 0. The van der Waals surface area contributed by atoms with Crippen molar-refractivity contribution in [2.75, 3.05) is 37.0 Å². The van der Waals surface area contributed by atoms with Crippen molar-refractivity contribution < 1.29 is 26.0 Å². The predicted octanol–water partition coefficient (Wildman–Crippen LogP) is 3.70. The number of hydrogen-bond donors (Lipinski definition) is 0. The normalized spacial score (nSPS) is 15.7. The summed E-state index contributed by atoms with van der Waals surface area (Å²) in [4.78, 5) is 2.16. The molecule has 0 amide bonds. The van der Waals surface area contributed by atoms with Gasteiger partial charge in [-0.3, -0.25) is 4.31 Å². The summed E-state index contributed by atoms with van der Waals surface area (Å²) in [6.07, 6.45) is -2.94. The minimum absolute atomic E-state index is 0.108. The average molecular weight is 496 g/mol. The van der Waals surface area contributed by atoms with E-state index in [1.54, 1.807) is 30.3 Å². The molecule has 0 atom stereocenters. The molecule has 12 heteroatoms. The summed E-state index contributed by atoms with van der Waals surface area (Å²) in [6, 6.07) is 12.4. The third kappa shape index (κ3) is 5.08. The summed E-state index contributed by atoms with van der Waals surface area (Å²) in [7, 11) is -3.94. The first kappa shape index (κ1) is 24.2. The smallest absolute Gasteiger partial charge is 0.314 e. The van der Waals surface area contributed by atoms with Crippen molar-refractivity contribution in [3.63, 3.8) is 0 Å². The second-order valence-electron chi connectivity index (χ2n) is 7.74. The molecule has 2 heterocycles. The van der Waals surface area contributed by atoms with Gasteiger partial charge in [0.05, 0.1) is 12.2 Å². The minimum Gasteiger partial charge on any atom is -0.415 e. The van der Waals surface area contributed by atoms with E-state index in [1.165, 1.54) is 20.7 Å². The second-order valence-corrected chi connectivity index (χ2v) is 9.59. The molecule has 1 aromatic heterocycles. The van der Waals surface area contributed by atoms with Crippen molar-refractivity contribution in [3.05, 3.63) is 65.8 Å². The standard InChI is InChI=1S/C22H24F3N5O3S/c1-2-28-10-12-29(13-11-28)34(31,32)30(18-6-4-3-5-7-18)15-17-9-8-16(14-19(17)23)21-26-27-22(33-21)20(24)25/h3-9,14,20H,2,10-13,15H2,1H3. The van der Waals surface area contributed by atoms with E-state index >= 15 is 4.39 Å². The van der Waals surface area contributed by atoms with Gasteiger partial charge >= 0.3 is 16.6 Å². The van der Waals surface area contributed by atoms with Gasteiger partial charge < -0.3 is 9.32 Å². The highest BCUT2D eigenvalue weighted by atomic mass is 32.2. The lowest BCUT2D eigenvalue weighted by molar-refractivity contribution is 0.116. The number of anilines is 1. The number of hydrogen-bond acceptors (Lipinski definition) is 6. The number of para-hydroxylation sites is 1. The summed E-state index contributed by atoms with van der Waals surface area (Å²) in [5, 5.41) is 6.76. The highest BCUT2D eigenvalue weighted by Crippen LogP contribution is 2.28. The average Bonchev–Trinajstić information content (AvgIpc) is 3.34. The summed E-state index contributed by atoms with van der Waals surface area (Å²) in [6.45, 7) is 4.52. The van der Waals surface area contributed by atoms with Crippen molar-refractivity contribution in [1.82, 2.24) is 19.4 Å². The lowest BCUT2D eigenvalue weighted by Gasteiger charge is -2.37. The molecule has 0 bridgehead atoms. The Morgan fingerprint density at radius 1 is 1.06 bits per heavy atom. The van der Waals surface area contributed by atoms with Crippen LogP contribution < -0.4 is 4.31 Å². The zero-order valence-corrected chi connectivity index (χ0v) is 19.3. The van der Waals surface area contributed by atoms with Gasteiger partial charge in [-0.15, -0.1) is 10.2 Å². The van der Waals surface area contributed by atoms with Crippen LogP contribution in [0, 0.1) is 5.82 Å². The lowest BCUT2D eigenvalue weighted by Crippen LogP contribution is -2.53. The fraction of sp³-hybridized carbons (Fsp3) is 0.364. The third-order valence-electron chi connectivity index (χ3n) is 5.67. The van der Waals surface area contributed by atoms with Crippen molar-refractivity contribution in [3.8, 4) is 11.5 Å². The monoisotopic (exact) mass is 495 g/mol. The fourth-order valence-electron chi connectivity index (χ4n) is 3.72. The fourth-order valence-corrected chi connectivity index (χ4v) is 5.31. The Labute approximate surface area is 195 Å². The van der Waals surface area contributed by atoms with Crippen molar-refractivity contribution in [2.45, 2.75) is 19.9 Å². The molecule has 4 rings (SSSR count). The molecule has 1 fully saturated rings. The Bertz CT molecular complexity index is 1220. The van der Waals surface area contributed by atoms with Crippen LogP contribution in [0.1, 0.15) is 24.8 Å². The van der Waals surface area contributed by atoms with E-state index in [1.807, 2.05) is 6.92 Å². The molecule has 0 unspecified atom stereocenters. The highest BCUT2D eigenvalue weighted by molar-refractivity contribution is 7.90. The molecule has 1 aliphatic rings. The van der Waals surface area contributed by atoms with Crippen LogP contribution >= 0.6 is 0 Å². The van der Waals surface area contributed by atoms with Gasteiger partial charge in [-0.25, -0.2) is 4.39 Å². The molecule has 3 aromatic rings. The molecule has 1 saturated heterocycles. The Morgan fingerprint density at radius 2 is 1.76 bits per heavy atom. The van der Waals surface area contributed by atoms with E-state index < -0.39 is 28.3 Å². The van der Waals surface area contributed by atoms with Gasteiger partial charge in [0.15, 0.2) is 0 Å². The van der Waals surface area contributed by atoms with Crippen LogP contribution in [0.15, 0.2) is 52.9 Å². The Balaban J connectivity index is 1.62. The first-order valence-electron chi connectivity index (χ1n) is 10.7. The summed E-state index contributed by atoms with van der Waals surface area (Å²) < 4.78 is 75.0. The minimum atomic E-state index is -3.94. The molecule has 8 nitrogen and oxygen atoms in total. The number of likely N-dealkylation sites (N-methyl/N-ethyl adjacent to an activating group) is 1. The molecule has 1 aliphatic heterocycles. The van der Waals surface area contributed by atoms with Crippen LogP contribution in [-0.2, 0) is 16.8 Å². The molecular weight excluding hydrogens is 471 g/mol. The van der Waals surface area contributed by atoms with Crippen molar-refractivity contribution in [2.24, 2.45) is 0 Å². The van der Waals surface area contributed by atoms with E-state index in [0.717, 1.165) is 12.6 Å². The SMILES string of the molecule is CCN1CCN(S(=O)(=O)N(Cc2ccc(-c3nnc(C(F)F)o3)cc2F)c2ccccc2)CC1. The zero-order chi connectivity index (χ0) is 24.3. The molecule has 34 heavy (non-hydrogen) atoms. The molecule has 0 spiro atoms. The van der Waals surface area contributed by atoms with Gasteiger partial charge in [-0.2, -0.15) is 21.5 Å². The number of aromatic nitrogens is 2. The van der Waals surface area contributed by atoms with Crippen LogP contribution in [0.3, 0.4) is 0 Å². The van der Waals surface area contributed by atoms with Crippen LogP contribution in [0.5, 0.6) is 0 Å². The van der Waals surface area contributed by atoms with Gasteiger partial charge in [0.1, 0.15) is 5.82 Å². The maximum absolute atomic E-state index is 15.0. The number of piperazine rings is 1. The second kappa shape index (κ2) is 10.1. The largest absolute Gasteiger partial charge is 0.415 e. The molecule has 182 valence electrons. The van der Waals surface area contributed by atoms with Crippen LogP contribution in [0.2, 0.25) is 0 Å². The molecule has 0 radical (unpaired) electrons. The van der Waals surface area contributed by atoms with Crippen molar-refractivity contribution >= 4 is 15.9 Å². The maximum atomic E-state index is 15.0. The number of nitrogens with zero attached hydrogens (tertiary/aromatic N) is 5. The Kier molecular flexibility index (Phi) is 7.19. The maximum Gasteiger partial charge on any atom is 0.314 e. The highest BCUT2D eigenvalue weighted by Gasteiger charge is 2.33. The van der Waals surface area contributed by atoms with Gasteiger partial charge in [0.2, 0.25) is 5.89 Å². The van der Waals surface area contributed by atoms with E-state index in [2.05, 4.69) is 15.1 Å². The topological polar surface area (TPSA) is 82.8 Å². The predicted molar refractivity (Wildman–Crippen MR) is 120 cm³/mol. The van der Waals surface area contributed by atoms with Crippen molar-refractivity contribution in [1.29, 1.82) is 0 Å². The molecule has 0 N–H and O–H groups in total. The summed E-state index contributed by atoms with van der Waals surface area (Å²) in [5.41, 5.74) is 0.629. The first-order chi connectivity index (χ1) is 16.3. The van der Waals surface area contributed by atoms with Gasteiger partial charge in [-0.05, 0) is 30.8 Å². The van der Waals surface area contributed by atoms with Gasteiger partial charge in [0.25, 0.3) is 5.89 Å². The third-order valence-corrected chi connectivity index (χ3v) is 7.58. The number of rotatable bonds is 8. The number of halogens is 3. The first-order valence-corrected chi connectivity index (χ1v) is 12.1. The molecule has 0 saturated carbocycles. The van der Waals surface area contributed by atoms with Gasteiger partial charge in [-0.1, -0.05) is 31.2 Å². The van der Waals surface area contributed by atoms with Crippen LogP contribution in [-0.4, -0.2) is 60.5 Å². The van der Waals surface area contributed by atoms with Crippen LogP contribution in [0.25, 0.3) is 11.5 Å². The van der Waals surface area contributed by atoms with E-state index in [0.29, 0.717) is 31.9 Å². The Hall–Kier alpha value is -2.96. The quantitative estimate of drug-likeness (QED) is 0.474. The van der Waals surface area contributed by atoms with Gasteiger partial charge in [0, 0.05) is 37.3 Å². The molecule has 0 aliphatic carbocycles. The van der Waals surface area contributed by atoms with Crippen LogP contribution in [0.4, 0.5) is 18.9 Å². The lowest BCUT2D eigenvalue weighted by atomic mass is 10.1. The molecular formula is C22H24F3N5O3S. The van der Waals surface area contributed by atoms with E-state index in [-0.39, 0.29) is 23.6 Å². The van der Waals surface area contributed by atoms with E-state index in [4.69, 9.17) is 4.42 Å². The Morgan fingerprint density at radius 3 is 2.35 bits per heavy atom. The zero-order valence-electron chi connectivity index (χ0n) is 18.4.